The molecule has 0 aliphatic rings. The van der Waals surface area contributed by atoms with Gasteiger partial charge in [0.25, 0.3) is 0 Å². The van der Waals surface area contributed by atoms with Crippen LogP contribution in [-0.2, 0) is 11.2 Å². The molecule has 14 heavy (non-hydrogen) atoms. The largest absolute Gasteiger partial charge is 0.612 e. The number of hydrogen-bond donors (Lipinski definition) is 1. The normalized spacial score (nSPS) is 13.0. The summed E-state index contributed by atoms with van der Waals surface area (Å²) in [5.41, 5.74) is 6.21. The van der Waals surface area contributed by atoms with E-state index in [-0.39, 0.29) is 5.95 Å². The van der Waals surface area contributed by atoms with E-state index in [0.29, 0.717) is 0 Å². The molecule has 1 aromatic carbocycles. The predicted octanol–water partition coefficient (Wildman–Crippen LogP) is 0.949. The fourth-order valence-corrected chi connectivity index (χ4v) is 1.76. The van der Waals surface area contributed by atoms with Crippen molar-refractivity contribution < 1.29 is 4.55 Å². The molecule has 0 saturated heterocycles. The predicted molar refractivity (Wildman–Crippen MR) is 56.3 cm³/mol. The molecule has 4 nitrogen and oxygen atoms in total. The summed E-state index contributed by atoms with van der Waals surface area (Å²) in [7, 11) is 0. The van der Waals surface area contributed by atoms with Crippen molar-refractivity contribution in [1.29, 1.82) is 0 Å². The van der Waals surface area contributed by atoms with E-state index >= 15 is 0 Å². The van der Waals surface area contributed by atoms with Gasteiger partial charge in [0.2, 0.25) is 5.95 Å². The summed E-state index contributed by atoms with van der Waals surface area (Å²) >= 11 is -0.977. The maximum Gasteiger partial charge on any atom is 0.220 e. The third-order valence-corrected chi connectivity index (χ3v) is 2.82. The summed E-state index contributed by atoms with van der Waals surface area (Å²) in [6.07, 6.45) is 3.27. The summed E-state index contributed by atoms with van der Waals surface area (Å²) < 4.78 is 11.2. The maximum absolute atomic E-state index is 11.2. The quantitative estimate of drug-likeness (QED) is 0.706. The minimum atomic E-state index is -0.977. The maximum atomic E-state index is 11.2. The number of benzene rings is 1. The highest BCUT2D eigenvalue weighted by Gasteiger charge is 2.05. The molecule has 72 valence electrons. The zero-order chi connectivity index (χ0) is 10.1. The van der Waals surface area contributed by atoms with Crippen molar-refractivity contribution in [2.45, 2.75) is 4.90 Å². The third kappa shape index (κ3) is 1.64. The van der Waals surface area contributed by atoms with Crippen LogP contribution in [0.4, 0.5) is 5.95 Å². The topological polar surface area (TPSA) is 74.9 Å². The van der Waals surface area contributed by atoms with Crippen molar-refractivity contribution in [2.24, 2.45) is 0 Å². The van der Waals surface area contributed by atoms with E-state index in [4.69, 9.17) is 5.73 Å². The van der Waals surface area contributed by atoms with Crippen LogP contribution in [-0.4, -0.2) is 20.8 Å². The number of nitrogen functional groups attached to an aromatic ring is 1. The molecule has 1 heterocycles. The molecule has 1 unspecified atom stereocenters. The summed E-state index contributed by atoms with van der Waals surface area (Å²) in [4.78, 5) is 8.69. The molecule has 5 heteroatoms. The number of nitrogens with two attached hydrogens (primary N) is 1. The number of aromatic nitrogens is 2. The summed E-state index contributed by atoms with van der Waals surface area (Å²) in [6, 6.07) is 5.39. The number of hydrogen-bond acceptors (Lipinski definition) is 4. The highest BCUT2D eigenvalue weighted by Crippen LogP contribution is 2.17. The Labute approximate surface area is 84.4 Å². The van der Waals surface area contributed by atoms with Crippen molar-refractivity contribution in [2.75, 3.05) is 12.0 Å². The number of rotatable bonds is 1. The van der Waals surface area contributed by atoms with E-state index in [9.17, 15) is 4.55 Å². The molecule has 2 aromatic rings. The molecule has 0 fully saturated rings. The van der Waals surface area contributed by atoms with Gasteiger partial charge in [-0.05, 0) is 23.3 Å². The van der Waals surface area contributed by atoms with Gasteiger partial charge in [0.15, 0.2) is 4.90 Å². The van der Waals surface area contributed by atoms with Gasteiger partial charge in [-0.1, -0.05) is 0 Å². The van der Waals surface area contributed by atoms with Crippen LogP contribution in [0.25, 0.3) is 10.9 Å². The van der Waals surface area contributed by atoms with Gasteiger partial charge in [-0.2, -0.15) is 0 Å². The van der Waals surface area contributed by atoms with Crippen LogP contribution >= 0.6 is 0 Å². The summed E-state index contributed by atoms with van der Waals surface area (Å²) in [6.45, 7) is 0. The SMILES string of the molecule is C[S+]([O-])c1ccc2nc(N)ncc2c1. The van der Waals surface area contributed by atoms with E-state index in [1.54, 1.807) is 24.6 Å². The van der Waals surface area contributed by atoms with Crippen LogP contribution in [0.2, 0.25) is 0 Å². The smallest absolute Gasteiger partial charge is 0.220 e. The molecule has 0 radical (unpaired) electrons. The molecular formula is C9H9N3OS. The lowest BCUT2D eigenvalue weighted by Gasteiger charge is -2.04. The molecule has 2 rings (SSSR count). The average molecular weight is 207 g/mol. The standard InChI is InChI=1S/C9H9N3OS/c1-14(13)7-2-3-8-6(4-7)5-11-9(10)12-8/h2-5H,1H3,(H2,10,11,12). The van der Waals surface area contributed by atoms with E-state index in [0.717, 1.165) is 15.8 Å². The van der Waals surface area contributed by atoms with Gasteiger partial charge in [-0.15, -0.1) is 0 Å². The molecule has 1 atom stereocenters. The molecule has 0 saturated carbocycles. The molecule has 2 N–H and O–H groups in total. The van der Waals surface area contributed by atoms with Crippen molar-refractivity contribution in [3.05, 3.63) is 24.4 Å². The lowest BCUT2D eigenvalue weighted by atomic mass is 10.2. The molecule has 1 aromatic heterocycles. The number of anilines is 1. The lowest BCUT2D eigenvalue weighted by Crippen LogP contribution is -1.98. The average Bonchev–Trinajstić information content (AvgIpc) is 2.16. The fourth-order valence-electron chi connectivity index (χ4n) is 1.20. The second kappa shape index (κ2) is 3.43. The Balaban J connectivity index is 2.62. The van der Waals surface area contributed by atoms with Crippen LogP contribution in [0, 0.1) is 0 Å². The second-order valence-electron chi connectivity index (χ2n) is 2.90. The Bertz CT molecular complexity index is 473. The lowest BCUT2D eigenvalue weighted by molar-refractivity contribution is 0.601. The number of nitrogens with zero attached hydrogens (tertiary/aromatic N) is 2. The van der Waals surface area contributed by atoms with Gasteiger partial charge in [0.1, 0.15) is 6.26 Å². The van der Waals surface area contributed by atoms with Gasteiger partial charge in [0, 0.05) is 17.6 Å². The Hall–Kier alpha value is -1.33. The minimum absolute atomic E-state index is 0.253. The van der Waals surface area contributed by atoms with Gasteiger partial charge < -0.3 is 10.3 Å². The first kappa shape index (κ1) is 9.23. The Kier molecular flexibility index (Phi) is 2.26. The molecule has 0 aliphatic carbocycles. The number of fused-ring (bicyclic) bond motifs is 1. The molecule has 0 aliphatic heterocycles. The monoisotopic (exact) mass is 207 g/mol. The van der Waals surface area contributed by atoms with Gasteiger partial charge in [0.05, 0.1) is 5.52 Å². The molecule has 0 amide bonds. The third-order valence-electron chi connectivity index (χ3n) is 1.90. The zero-order valence-electron chi connectivity index (χ0n) is 7.60. The van der Waals surface area contributed by atoms with Crippen LogP contribution < -0.4 is 5.73 Å². The first-order chi connectivity index (χ1) is 6.66. The van der Waals surface area contributed by atoms with Gasteiger partial charge >= 0.3 is 0 Å². The van der Waals surface area contributed by atoms with Crippen LogP contribution in [0.5, 0.6) is 0 Å². The highest BCUT2D eigenvalue weighted by atomic mass is 32.2. The van der Waals surface area contributed by atoms with E-state index in [1.165, 1.54) is 0 Å². The molecular weight excluding hydrogens is 198 g/mol. The second-order valence-corrected chi connectivity index (χ2v) is 4.28. The zero-order valence-corrected chi connectivity index (χ0v) is 8.41. The highest BCUT2D eigenvalue weighted by molar-refractivity contribution is 7.90. The minimum Gasteiger partial charge on any atom is -0.612 e. The van der Waals surface area contributed by atoms with Gasteiger partial charge in [-0.3, -0.25) is 0 Å². The van der Waals surface area contributed by atoms with E-state index in [1.807, 2.05) is 6.07 Å². The first-order valence-corrected chi connectivity index (χ1v) is 5.58. The summed E-state index contributed by atoms with van der Waals surface area (Å²) in [5.74, 6) is 0.253. The molecule has 0 spiro atoms. The van der Waals surface area contributed by atoms with Crippen LogP contribution in [0.3, 0.4) is 0 Å². The van der Waals surface area contributed by atoms with E-state index in [2.05, 4.69) is 9.97 Å². The van der Waals surface area contributed by atoms with Crippen LogP contribution in [0.15, 0.2) is 29.3 Å². The molecule has 0 bridgehead atoms. The Morgan fingerprint density at radius 2 is 2.21 bits per heavy atom. The van der Waals surface area contributed by atoms with Gasteiger partial charge in [-0.25, -0.2) is 9.97 Å². The summed E-state index contributed by atoms with van der Waals surface area (Å²) in [5, 5.41) is 0.854. The van der Waals surface area contributed by atoms with Crippen molar-refractivity contribution in [1.82, 2.24) is 9.97 Å². The van der Waals surface area contributed by atoms with Crippen molar-refractivity contribution in [3.8, 4) is 0 Å². The van der Waals surface area contributed by atoms with Crippen molar-refractivity contribution >= 4 is 28.0 Å². The first-order valence-electron chi connectivity index (χ1n) is 4.02. The van der Waals surface area contributed by atoms with Crippen LogP contribution in [0.1, 0.15) is 0 Å². The van der Waals surface area contributed by atoms with E-state index < -0.39 is 11.2 Å². The van der Waals surface area contributed by atoms with Crippen molar-refractivity contribution in [3.63, 3.8) is 0 Å². The fraction of sp³-hybridized carbons (Fsp3) is 0.111. The Morgan fingerprint density at radius 1 is 1.43 bits per heavy atom. The Morgan fingerprint density at radius 3 is 2.93 bits per heavy atom.